The van der Waals surface area contributed by atoms with Crippen LogP contribution in [0.2, 0.25) is 0 Å². The maximum atomic E-state index is 12.7. The summed E-state index contributed by atoms with van der Waals surface area (Å²) in [6.45, 7) is 4.37. The second kappa shape index (κ2) is 12.0. The number of carbonyl (C=O) groups is 5. The quantitative estimate of drug-likeness (QED) is 0.401. The highest BCUT2D eigenvalue weighted by molar-refractivity contribution is 5.79. The Morgan fingerprint density at radius 1 is 0.848 bits per heavy atom. The molecule has 2 N–H and O–H groups in total. The second-order valence-corrected chi connectivity index (χ2v) is 7.50. The Morgan fingerprint density at radius 2 is 1.45 bits per heavy atom. The Kier molecular flexibility index (Phi) is 9.34. The van der Waals surface area contributed by atoms with Crippen molar-refractivity contribution in [2.45, 2.75) is 64.7 Å². The molecule has 0 unspecified atom stereocenters. The predicted molar refractivity (Wildman–Crippen MR) is 112 cm³/mol. The smallest absolute Gasteiger partial charge is 0.303 e. The van der Waals surface area contributed by atoms with E-state index in [2.05, 4.69) is 10.6 Å². The number of esters is 3. The Labute approximate surface area is 191 Å². The third-order valence-electron chi connectivity index (χ3n) is 4.63. The van der Waals surface area contributed by atoms with Crippen molar-refractivity contribution in [3.8, 4) is 0 Å². The summed E-state index contributed by atoms with van der Waals surface area (Å²) in [5.74, 6) is -2.96. The fraction of sp³-hybridized carbons (Fsp3) is 0.500. The van der Waals surface area contributed by atoms with E-state index >= 15 is 0 Å². The van der Waals surface area contributed by atoms with Gasteiger partial charge in [-0.3, -0.25) is 24.0 Å². The Hall–Kier alpha value is -3.47. The van der Waals surface area contributed by atoms with Gasteiger partial charge in [-0.2, -0.15) is 0 Å². The van der Waals surface area contributed by atoms with E-state index in [0.717, 1.165) is 19.4 Å². The summed E-state index contributed by atoms with van der Waals surface area (Å²) in [5, 5.41) is 5.26. The van der Waals surface area contributed by atoms with Crippen LogP contribution >= 0.6 is 0 Å². The number of carbonyl (C=O) groups excluding carboxylic acids is 5. The van der Waals surface area contributed by atoms with Gasteiger partial charge in [0.15, 0.2) is 18.4 Å². The number of amides is 2. The number of hydrogen-bond donors (Lipinski definition) is 2. The minimum Gasteiger partial charge on any atom is -0.463 e. The fourth-order valence-electron chi connectivity index (χ4n) is 3.45. The number of rotatable bonds is 8. The van der Waals surface area contributed by atoms with E-state index in [-0.39, 0.29) is 13.0 Å². The normalized spacial score (nSPS) is 24.2. The Balaban J connectivity index is 2.35. The van der Waals surface area contributed by atoms with Crippen LogP contribution in [-0.2, 0) is 49.3 Å². The van der Waals surface area contributed by atoms with Gasteiger partial charge in [0, 0.05) is 27.7 Å². The van der Waals surface area contributed by atoms with E-state index in [9.17, 15) is 24.0 Å². The van der Waals surface area contributed by atoms with Crippen LogP contribution in [0.25, 0.3) is 0 Å². The van der Waals surface area contributed by atoms with Crippen molar-refractivity contribution in [2.75, 3.05) is 6.61 Å². The number of nitrogens with one attached hydrogen (secondary N) is 2. The van der Waals surface area contributed by atoms with Crippen molar-refractivity contribution < 1.29 is 42.9 Å². The highest BCUT2D eigenvalue weighted by Crippen LogP contribution is 2.26. The third-order valence-corrected chi connectivity index (χ3v) is 4.63. The van der Waals surface area contributed by atoms with Crippen LogP contribution in [0.15, 0.2) is 30.3 Å². The molecule has 0 radical (unpaired) electrons. The summed E-state index contributed by atoms with van der Waals surface area (Å²) >= 11 is 0. The van der Waals surface area contributed by atoms with Crippen LogP contribution in [0.1, 0.15) is 33.3 Å². The highest BCUT2D eigenvalue weighted by atomic mass is 16.6. The zero-order valence-corrected chi connectivity index (χ0v) is 18.9. The average Bonchev–Trinajstić information content (AvgIpc) is 2.70. The monoisotopic (exact) mass is 464 g/mol. The van der Waals surface area contributed by atoms with Crippen molar-refractivity contribution in [1.82, 2.24) is 10.6 Å². The van der Waals surface area contributed by atoms with Gasteiger partial charge in [0.1, 0.15) is 18.8 Å². The van der Waals surface area contributed by atoms with Gasteiger partial charge in [-0.1, -0.05) is 30.3 Å². The van der Waals surface area contributed by atoms with Crippen LogP contribution in [0.5, 0.6) is 0 Å². The molecule has 1 saturated heterocycles. The summed E-state index contributed by atoms with van der Waals surface area (Å²) in [6.07, 6.45) is -4.69. The summed E-state index contributed by atoms with van der Waals surface area (Å²) in [4.78, 5) is 59.5. The van der Waals surface area contributed by atoms with E-state index in [1.54, 1.807) is 24.3 Å². The van der Waals surface area contributed by atoms with Crippen LogP contribution in [0.3, 0.4) is 0 Å². The molecule has 33 heavy (non-hydrogen) atoms. The van der Waals surface area contributed by atoms with Gasteiger partial charge in [0.25, 0.3) is 0 Å². The molecule has 2 amide bonds. The zero-order valence-electron chi connectivity index (χ0n) is 18.9. The number of ether oxygens (including phenoxy) is 4. The molecule has 11 nitrogen and oxygen atoms in total. The van der Waals surface area contributed by atoms with E-state index in [4.69, 9.17) is 18.9 Å². The van der Waals surface area contributed by atoms with E-state index in [0.29, 0.717) is 0 Å². The van der Waals surface area contributed by atoms with E-state index < -0.39 is 60.3 Å². The summed E-state index contributed by atoms with van der Waals surface area (Å²) < 4.78 is 21.6. The van der Waals surface area contributed by atoms with Crippen molar-refractivity contribution in [2.24, 2.45) is 0 Å². The van der Waals surface area contributed by atoms with Gasteiger partial charge in [-0.05, 0) is 5.56 Å². The predicted octanol–water partition coefficient (Wildman–Crippen LogP) is 0.00140. The lowest BCUT2D eigenvalue weighted by atomic mass is 9.95. The number of hydrogen-bond acceptors (Lipinski definition) is 9. The van der Waals surface area contributed by atoms with Crippen LogP contribution in [0.4, 0.5) is 0 Å². The van der Waals surface area contributed by atoms with Crippen molar-refractivity contribution in [1.29, 1.82) is 0 Å². The van der Waals surface area contributed by atoms with Gasteiger partial charge in [0.2, 0.25) is 11.8 Å². The molecule has 1 aliphatic heterocycles. The first-order valence-corrected chi connectivity index (χ1v) is 10.3. The molecule has 0 aromatic heterocycles. The van der Waals surface area contributed by atoms with Gasteiger partial charge in [0.05, 0.1) is 6.42 Å². The van der Waals surface area contributed by atoms with E-state index in [1.165, 1.54) is 13.8 Å². The van der Waals surface area contributed by atoms with Crippen LogP contribution < -0.4 is 10.6 Å². The molecule has 11 heteroatoms. The average molecular weight is 464 g/mol. The lowest BCUT2D eigenvalue weighted by Gasteiger charge is -2.45. The standard InChI is InChI=1S/C22H28N2O9/c1-12(25)23-19-21(32-15(4)28)20(31-14(3)27)17(11-30-13(2)26)33-22(19)24-18(29)10-16-8-6-5-7-9-16/h5-9,17,19-22H,10-11H2,1-4H3,(H,23,25)(H,24,29)/t17-,19-,20-,21-,22-/m1/s1. The molecule has 180 valence electrons. The summed E-state index contributed by atoms with van der Waals surface area (Å²) in [5.41, 5.74) is 0.743. The van der Waals surface area contributed by atoms with Gasteiger partial charge >= 0.3 is 17.9 Å². The first-order valence-electron chi connectivity index (χ1n) is 10.3. The van der Waals surface area contributed by atoms with E-state index in [1.807, 2.05) is 6.07 Å². The van der Waals surface area contributed by atoms with Gasteiger partial charge < -0.3 is 29.6 Å². The summed E-state index contributed by atoms with van der Waals surface area (Å²) in [7, 11) is 0. The van der Waals surface area contributed by atoms with Crippen LogP contribution in [0, 0.1) is 0 Å². The van der Waals surface area contributed by atoms with Crippen molar-refractivity contribution >= 4 is 29.7 Å². The fourth-order valence-corrected chi connectivity index (χ4v) is 3.45. The van der Waals surface area contributed by atoms with Gasteiger partial charge in [-0.25, -0.2) is 0 Å². The first kappa shape index (κ1) is 25.8. The Bertz CT molecular complexity index is 874. The molecular formula is C22H28N2O9. The molecule has 0 spiro atoms. The topological polar surface area (TPSA) is 146 Å². The first-order chi connectivity index (χ1) is 15.6. The maximum absolute atomic E-state index is 12.7. The molecule has 0 saturated carbocycles. The molecule has 5 atom stereocenters. The number of benzene rings is 1. The summed E-state index contributed by atoms with van der Waals surface area (Å²) in [6, 6.07) is 7.84. The lowest BCUT2D eigenvalue weighted by Crippen LogP contribution is -2.69. The lowest BCUT2D eigenvalue weighted by molar-refractivity contribution is -0.227. The molecule has 1 aliphatic rings. The van der Waals surface area contributed by atoms with Crippen molar-refractivity contribution in [3.05, 3.63) is 35.9 Å². The highest BCUT2D eigenvalue weighted by Gasteiger charge is 2.51. The molecule has 1 fully saturated rings. The minimum absolute atomic E-state index is 0.0215. The maximum Gasteiger partial charge on any atom is 0.303 e. The zero-order chi connectivity index (χ0) is 24.5. The van der Waals surface area contributed by atoms with Crippen molar-refractivity contribution in [3.63, 3.8) is 0 Å². The molecule has 0 bridgehead atoms. The molecule has 1 heterocycles. The molecule has 1 aromatic carbocycles. The second-order valence-electron chi connectivity index (χ2n) is 7.50. The molecule has 2 rings (SSSR count). The third kappa shape index (κ3) is 8.19. The molecule has 0 aliphatic carbocycles. The Morgan fingerprint density at radius 3 is 2.00 bits per heavy atom. The molecular weight excluding hydrogens is 436 g/mol. The van der Waals surface area contributed by atoms with Crippen LogP contribution in [-0.4, -0.2) is 66.9 Å². The largest absolute Gasteiger partial charge is 0.463 e. The minimum atomic E-state index is -1.23. The van der Waals surface area contributed by atoms with Gasteiger partial charge in [-0.15, -0.1) is 0 Å². The molecule has 1 aromatic rings. The SMILES string of the molecule is CC(=O)N[C@@H]1[C@@H](OC(C)=O)[C@H](OC(C)=O)[C@@H](COC(C)=O)O[C@H]1NC(=O)Cc1ccccc1.